The van der Waals surface area contributed by atoms with Crippen LogP contribution in [0, 0.1) is 24.0 Å². The van der Waals surface area contributed by atoms with Crippen LogP contribution in [0.4, 0.5) is 5.69 Å². The van der Waals surface area contributed by atoms with Crippen molar-refractivity contribution < 1.29 is 4.92 Å². The molecule has 2 heterocycles. The topological polar surface area (TPSA) is 95.3 Å². The Kier molecular flexibility index (Phi) is 7.72. The van der Waals surface area contributed by atoms with Gasteiger partial charge in [0.25, 0.3) is 11.2 Å². The molecule has 0 saturated carbocycles. The second-order valence-corrected chi connectivity index (χ2v) is 12.8. The number of benzene rings is 3. The molecule has 0 fully saturated rings. The van der Waals surface area contributed by atoms with Crippen LogP contribution in [0.5, 0.6) is 0 Å². The van der Waals surface area contributed by atoms with Crippen LogP contribution >= 0.6 is 27.7 Å². The van der Waals surface area contributed by atoms with Crippen molar-refractivity contribution in [2.45, 2.75) is 49.8 Å². The zero-order chi connectivity index (χ0) is 29.5. The third kappa shape index (κ3) is 5.89. The number of hydrogen-bond donors (Lipinski definition) is 0. The van der Waals surface area contributed by atoms with E-state index in [1.807, 2.05) is 77.1 Å². The van der Waals surface area contributed by atoms with E-state index >= 15 is 0 Å². The molecule has 5 aromatic rings. The Labute approximate surface area is 250 Å². The van der Waals surface area contributed by atoms with E-state index < -0.39 is 10.3 Å². The average Bonchev–Trinajstić information content (AvgIpc) is 3.21. The minimum atomic E-state index is -0.400. The molecule has 0 aliphatic heterocycles. The second kappa shape index (κ2) is 11.1. The lowest BCUT2D eigenvalue weighted by atomic mass is 9.95. The molecule has 5 rings (SSSR count). The van der Waals surface area contributed by atoms with Crippen LogP contribution in [0.2, 0.25) is 0 Å². The molecular weight excluding hydrogens is 602 g/mol. The summed E-state index contributed by atoms with van der Waals surface area (Å²) in [5.74, 6) is 0.587. The van der Waals surface area contributed by atoms with Crippen molar-refractivity contribution in [2.24, 2.45) is 5.10 Å². The summed E-state index contributed by atoms with van der Waals surface area (Å²) < 4.78 is 4.36. The Bertz CT molecular complexity index is 1870. The number of aryl methyl sites for hydroxylation is 1. The number of hydrogen-bond acceptors (Lipinski definition) is 6. The maximum atomic E-state index is 13.5. The highest BCUT2D eigenvalue weighted by Crippen LogP contribution is 2.30. The van der Waals surface area contributed by atoms with E-state index in [9.17, 15) is 14.9 Å². The van der Waals surface area contributed by atoms with Gasteiger partial charge in [-0.1, -0.05) is 48.5 Å². The molecule has 0 aliphatic rings. The quantitative estimate of drug-likeness (QED) is 0.108. The molecule has 10 heteroatoms. The summed E-state index contributed by atoms with van der Waals surface area (Å²) in [6.45, 7) is 10.1. The number of non-ortho nitro benzene ring substituents is 1. The highest BCUT2D eigenvalue weighted by molar-refractivity contribution is 9.10. The van der Waals surface area contributed by atoms with Gasteiger partial charge in [0.2, 0.25) is 0 Å². The van der Waals surface area contributed by atoms with Crippen molar-refractivity contribution >= 4 is 50.5 Å². The van der Waals surface area contributed by atoms with Gasteiger partial charge in [0.15, 0.2) is 0 Å². The second-order valence-electron chi connectivity index (χ2n) is 10.7. The van der Waals surface area contributed by atoms with E-state index in [-0.39, 0.29) is 11.2 Å². The molecule has 0 N–H and O–H groups in total. The molecule has 0 aliphatic carbocycles. The van der Waals surface area contributed by atoms with Crippen molar-refractivity contribution in [2.75, 3.05) is 0 Å². The summed E-state index contributed by atoms with van der Waals surface area (Å²) in [6.07, 6.45) is 1.72. The van der Waals surface area contributed by atoms with Crippen LogP contribution in [0.3, 0.4) is 0 Å². The summed E-state index contributed by atoms with van der Waals surface area (Å²) in [7, 11) is 0. The fourth-order valence-corrected chi connectivity index (χ4v) is 5.79. The number of rotatable bonds is 6. The van der Waals surface area contributed by atoms with Gasteiger partial charge in [0.1, 0.15) is 5.82 Å². The molecule has 0 bridgehead atoms. The van der Waals surface area contributed by atoms with Crippen LogP contribution in [-0.4, -0.2) is 25.4 Å². The molecule has 0 unspecified atom stereocenters. The van der Waals surface area contributed by atoms with Crippen LogP contribution in [0.1, 0.15) is 43.5 Å². The van der Waals surface area contributed by atoms with Crippen LogP contribution in [0.15, 0.2) is 97.0 Å². The molecule has 3 aromatic carbocycles. The van der Waals surface area contributed by atoms with Crippen molar-refractivity contribution in [3.63, 3.8) is 0 Å². The lowest BCUT2D eigenvalue weighted by Gasteiger charge is -2.20. The zero-order valence-electron chi connectivity index (χ0n) is 23.3. The third-order valence-electron chi connectivity index (χ3n) is 6.64. The zero-order valence-corrected chi connectivity index (χ0v) is 25.7. The Hall–Kier alpha value is -4.02. The molecular formula is C31H28BrN5O3S. The maximum absolute atomic E-state index is 13.5. The first-order chi connectivity index (χ1) is 19.4. The predicted molar refractivity (Wildman–Crippen MR) is 168 cm³/mol. The summed E-state index contributed by atoms with van der Waals surface area (Å²) in [4.78, 5) is 30.8. The van der Waals surface area contributed by atoms with Gasteiger partial charge < -0.3 is 4.57 Å². The SMILES string of the molecule is Cc1cc(C=Nn2c(C(C)(C)C)nc3ccc(Br)cc3c2=O)c(C)n1-c1ccc(Sc2ccc([N+](=O)[O-])cc2)cc1. The smallest absolute Gasteiger partial charge is 0.282 e. The van der Waals surface area contributed by atoms with E-state index in [0.29, 0.717) is 16.7 Å². The molecule has 41 heavy (non-hydrogen) atoms. The van der Waals surface area contributed by atoms with Crippen LogP contribution in [0.25, 0.3) is 16.6 Å². The number of fused-ring (bicyclic) bond motifs is 1. The monoisotopic (exact) mass is 629 g/mol. The van der Waals surface area contributed by atoms with E-state index in [2.05, 4.69) is 25.6 Å². The number of aromatic nitrogens is 3. The number of nitrogens with zero attached hydrogens (tertiary/aromatic N) is 5. The van der Waals surface area contributed by atoms with E-state index in [4.69, 9.17) is 4.98 Å². The Balaban J connectivity index is 1.45. The van der Waals surface area contributed by atoms with Gasteiger partial charge in [-0.05, 0) is 74.5 Å². The van der Waals surface area contributed by atoms with Gasteiger partial charge in [-0.25, -0.2) is 4.98 Å². The van der Waals surface area contributed by atoms with Gasteiger partial charge in [-0.2, -0.15) is 9.78 Å². The minimum Gasteiger partial charge on any atom is -0.318 e. The summed E-state index contributed by atoms with van der Waals surface area (Å²) >= 11 is 5.00. The van der Waals surface area contributed by atoms with Gasteiger partial charge >= 0.3 is 0 Å². The Morgan fingerprint density at radius 3 is 2.22 bits per heavy atom. The van der Waals surface area contributed by atoms with Crippen molar-refractivity contribution in [3.05, 3.63) is 121 Å². The standard InChI is InChI=1S/C31H28BrN5O3S/c1-19-16-21(18-33-36-29(38)27-17-22(32)6-15-28(27)34-30(36)31(3,4)5)20(2)35(19)23-7-11-25(12-8-23)41-26-13-9-24(10-14-26)37(39)40/h6-18H,1-5H3. The Morgan fingerprint density at radius 1 is 0.976 bits per heavy atom. The first-order valence-electron chi connectivity index (χ1n) is 12.9. The molecule has 8 nitrogen and oxygen atoms in total. The fraction of sp³-hybridized carbons (Fsp3) is 0.194. The van der Waals surface area contributed by atoms with E-state index in [0.717, 1.165) is 36.9 Å². The van der Waals surface area contributed by atoms with Crippen LogP contribution in [-0.2, 0) is 5.41 Å². The maximum Gasteiger partial charge on any atom is 0.282 e. The van der Waals surface area contributed by atoms with Gasteiger partial charge in [-0.15, -0.1) is 0 Å². The lowest BCUT2D eigenvalue weighted by Crippen LogP contribution is -2.29. The van der Waals surface area contributed by atoms with Gasteiger partial charge in [0, 0.05) is 54.5 Å². The highest BCUT2D eigenvalue weighted by Gasteiger charge is 2.23. The first kappa shape index (κ1) is 28.5. The molecule has 0 saturated heterocycles. The normalized spacial score (nSPS) is 12.0. The predicted octanol–water partition coefficient (Wildman–Crippen LogP) is 7.81. The van der Waals surface area contributed by atoms with Crippen molar-refractivity contribution in [3.8, 4) is 5.69 Å². The summed E-state index contributed by atoms with van der Waals surface area (Å²) in [6, 6.07) is 22.2. The van der Waals surface area contributed by atoms with Gasteiger partial charge in [0.05, 0.1) is 22.0 Å². The molecule has 208 valence electrons. The first-order valence-corrected chi connectivity index (χ1v) is 14.5. The largest absolute Gasteiger partial charge is 0.318 e. The lowest BCUT2D eigenvalue weighted by molar-refractivity contribution is -0.384. The Morgan fingerprint density at radius 2 is 1.61 bits per heavy atom. The number of nitro groups is 1. The van der Waals surface area contributed by atoms with Crippen LogP contribution < -0.4 is 5.56 Å². The summed E-state index contributed by atoms with van der Waals surface area (Å²) in [5, 5.41) is 16.1. The summed E-state index contributed by atoms with van der Waals surface area (Å²) in [5.41, 5.74) is 4.02. The molecule has 0 spiro atoms. The number of nitro benzene ring substituents is 1. The molecule has 0 amide bonds. The third-order valence-corrected chi connectivity index (χ3v) is 8.15. The minimum absolute atomic E-state index is 0.0760. The van der Waals surface area contributed by atoms with Crippen molar-refractivity contribution in [1.29, 1.82) is 0 Å². The molecule has 0 atom stereocenters. The van der Waals surface area contributed by atoms with Gasteiger partial charge in [-0.3, -0.25) is 14.9 Å². The average molecular weight is 631 g/mol. The fourth-order valence-electron chi connectivity index (χ4n) is 4.61. The van der Waals surface area contributed by atoms with E-state index in [1.54, 1.807) is 36.2 Å². The highest BCUT2D eigenvalue weighted by atomic mass is 79.9. The molecule has 0 radical (unpaired) electrons. The van der Waals surface area contributed by atoms with Crippen molar-refractivity contribution in [1.82, 2.24) is 14.2 Å². The molecule has 2 aromatic heterocycles. The van der Waals surface area contributed by atoms with E-state index in [1.165, 1.54) is 16.8 Å². The number of halogens is 1.